The van der Waals surface area contributed by atoms with E-state index in [1.54, 1.807) is 47.7 Å². The van der Waals surface area contributed by atoms with Gasteiger partial charge < -0.3 is 4.90 Å². The fraction of sp³-hybridized carbons (Fsp3) is 0.136. The van der Waals surface area contributed by atoms with Crippen molar-refractivity contribution in [3.8, 4) is 23.0 Å². The van der Waals surface area contributed by atoms with Crippen LogP contribution in [0.4, 0.5) is 10.2 Å². The maximum absolute atomic E-state index is 14.4. The molecule has 1 atom stereocenters. The molecule has 4 heterocycles. The number of allylic oxidation sites excluding steroid dienone is 3. The largest absolute Gasteiger partial charge is 0.314 e. The quantitative estimate of drug-likeness (QED) is 0.508. The minimum absolute atomic E-state index is 0.0113. The van der Waals surface area contributed by atoms with E-state index < -0.39 is 0 Å². The van der Waals surface area contributed by atoms with E-state index in [4.69, 9.17) is 4.98 Å². The number of aromatic nitrogens is 7. The highest BCUT2D eigenvalue weighted by molar-refractivity contribution is 5.68. The van der Waals surface area contributed by atoms with Crippen molar-refractivity contribution in [3.63, 3.8) is 0 Å². The second-order valence-electron chi connectivity index (χ2n) is 7.28. The molecule has 152 valence electrons. The average Bonchev–Trinajstić information content (AvgIpc) is 3.42. The summed E-state index contributed by atoms with van der Waals surface area (Å²) in [4.78, 5) is 16.0. The Balaban J connectivity index is 1.54. The highest BCUT2D eigenvalue weighted by atomic mass is 19.1. The molecule has 0 bridgehead atoms. The molecule has 0 saturated heterocycles. The third-order valence-corrected chi connectivity index (χ3v) is 5.58. The first-order chi connectivity index (χ1) is 15.3. The molecular formula is C22H17FN8. The summed E-state index contributed by atoms with van der Waals surface area (Å²) in [6, 6.07) is 6.53. The summed E-state index contributed by atoms with van der Waals surface area (Å²) < 4.78 is 18.1. The summed E-state index contributed by atoms with van der Waals surface area (Å²) in [5.74, 6) is 2.10. The number of fused-ring (bicyclic) bond motifs is 3. The van der Waals surface area contributed by atoms with Crippen LogP contribution in [0.2, 0.25) is 0 Å². The lowest BCUT2D eigenvalue weighted by molar-refractivity contribution is 0.574. The van der Waals surface area contributed by atoms with Gasteiger partial charge in [0.15, 0.2) is 11.6 Å². The summed E-state index contributed by atoms with van der Waals surface area (Å²) in [6.45, 7) is 2.11. The molecule has 1 aliphatic heterocycles. The second kappa shape index (κ2) is 6.69. The van der Waals surface area contributed by atoms with Gasteiger partial charge in [-0.15, -0.1) is 10.2 Å². The third-order valence-electron chi connectivity index (χ3n) is 5.58. The highest BCUT2D eigenvalue weighted by Crippen LogP contribution is 2.41. The summed E-state index contributed by atoms with van der Waals surface area (Å²) >= 11 is 0. The van der Waals surface area contributed by atoms with Crippen molar-refractivity contribution in [2.24, 2.45) is 0 Å². The van der Waals surface area contributed by atoms with E-state index in [-0.39, 0.29) is 11.9 Å². The Bertz CT molecular complexity index is 1370. The lowest BCUT2D eigenvalue weighted by Crippen LogP contribution is -2.35. The molecule has 9 heteroatoms. The second-order valence-corrected chi connectivity index (χ2v) is 7.28. The number of anilines is 1. The Labute approximate surface area is 177 Å². The van der Waals surface area contributed by atoms with Crippen molar-refractivity contribution in [3.05, 3.63) is 84.8 Å². The minimum Gasteiger partial charge on any atom is -0.314 e. The van der Waals surface area contributed by atoms with Gasteiger partial charge in [-0.2, -0.15) is 4.98 Å². The fourth-order valence-electron chi connectivity index (χ4n) is 4.06. The molecule has 1 aromatic carbocycles. The first kappa shape index (κ1) is 17.7. The van der Waals surface area contributed by atoms with Crippen molar-refractivity contribution >= 4 is 5.82 Å². The standard InChI is InChI=1S/C22H17FN8/c1-2-17-21-28-26-13-30(21)18-12-25-22(27-20(18)31(17)14-6-5-7-14)29-11-10-24-19(29)15-8-3-4-9-16(15)23/h3-13,17H,2H2,1H3/t17-/m1/s1. The SMILES string of the molecule is CC[C@@H]1c2nncn2-c2cnc(-n3ccnc3-c3ccccc3F)nc2N1C1=CC=C1. The van der Waals surface area contributed by atoms with Crippen LogP contribution in [0.1, 0.15) is 25.2 Å². The van der Waals surface area contributed by atoms with Crippen LogP contribution in [0, 0.1) is 5.82 Å². The van der Waals surface area contributed by atoms with Gasteiger partial charge in [-0.05, 0) is 30.7 Å². The van der Waals surface area contributed by atoms with Crippen LogP contribution in [-0.4, -0.2) is 34.3 Å². The number of imidazole rings is 1. The maximum Gasteiger partial charge on any atom is 0.237 e. The maximum atomic E-state index is 14.4. The predicted molar refractivity (Wildman–Crippen MR) is 112 cm³/mol. The van der Waals surface area contributed by atoms with E-state index in [1.165, 1.54) is 6.07 Å². The predicted octanol–water partition coefficient (Wildman–Crippen LogP) is 3.77. The van der Waals surface area contributed by atoms with E-state index in [0.29, 0.717) is 17.3 Å². The van der Waals surface area contributed by atoms with Crippen molar-refractivity contribution in [1.29, 1.82) is 0 Å². The molecule has 1 aliphatic carbocycles. The number of halogens is 1. The Morgan fingerprint density at radius 1 is 1.13 bits per heavy atom. The summed E-state index contributed by atoms with van der Waals surface area (Å²) in [6.07, 6.45) is 13.7. The Morgan fingerprint density at radius 2 is 2.00 bits per heavy atom. The van der Waals surface area contributed by atoms with Gasteiger partial charge in [0.05, 0.1) is 17.8 Å². The summed E-state index contributed by atoms with van der Waals surface area (Å²) in [5, 5.41) is 8.45. The average molecular weight is 412 g/mol. The molecule has 0 spiro atoms. The van der Waals surface area contributed by atoms with Gasteiger partial charge in [0.2, 0.25) is 5.95 Å². The number of nitrogens with zero attached hydrogens (tertiary/aromatic N) is 8. The molecule has 4 aromatic rings. The minimum atomic E-state index is -0.348. The van der Waals surface area contributed by atoms with E-state index in [9.17, 15) is 4.39 Å². The molecule has 0 N–H and O–H groups in total. The van der Waals surface area contributed by atoms with Crippen LogP contribution >= 0.6 is 0 Å². The van der Waals surface area contributed by atoms with Gasteiger partial charge >= 0.3 is 0 Å². The number of rotatable bonds is 4. The van der Waals surface area contributed by atoms with E-state index >= 15 is 0 Å². The van der Waals surface area contributed by atoms with Gasteiger partial charge in [0.25, 0.3) is 0 Å². The van der Waals surface area contributed by atoms with Crippen molar-refractivity contribution < 1.29 is 4.39 Å². The van der Waals surface area contributed by atoms with Crippen LogP contribution in [-0.2, 0) is 0 Å². The Kier molecular flexibility index (Phi) is 3.82. The molecule has 31 heavy (non-hydrogen) atoms. The highest BCUT2D eigenvalue weighted by Gasteiger charge is 2.36. The van der Waals surface area contributed by atoms with Crippen LogP contribution in [0.25, 0.3) is 23.0 Å². The van der Waals surface area contributed by atoms with Gasteiger partial charge in [-0.3, -0.25) is 9.13 Å². The molecular weight excluding hydrogens is 395 g/mol. The first-order valence-electron chi connectivity index (χ1n) is 10.00. The molecule has 0 saturated carbocycles. The zero-order valence-electron chi connectivity index (χ0n) is 16.6. The number of hydrogen-bond acceptors (Lipinski definition) is 6. The van der Waals surface area contributed by atoms with Crippen molar-refractivity contribution in [1.82, 2.24) is 34.3 Å². The van der Waals surface area contributed by atoms with Gasteiger partial charge in [0.1, 0.15) is 23.7 Å². The molecule has 2 aliphatic rings. The number of benzene rings is 1. The normalized spacial score (nSPS) is 16.5. The summed E-state index contributed by atoms with van der Waals surface area (Å²) in [5.41, 5.74) is 2.23. The Hall–Kier alpha value is -4.14. The molecule has 8 nitrogen and oxygen atoms in total. The van der Waals surface area contributed by atoms with Gasteiger partial charge in [-0.25, -0.2) is 14.4 Å². The van der Waals surface area contributed by atoms with Gasteiger partial charge in [-0.1, -0.05) is 25.1 Å². The molecule has 0 fully saturated rings. The van der Waals surface area contributed by atoms with E-state index in [1.807, 2.05) is 22.8 Å². The van der Waals surface area contributed by atoms with Crippen LogP contribution in [0.3, 0.4) is 0 Å². The van der Waals surface area contributed by atoms with Crippen LogP contribution in [0.15, 0.2) is 73.1 Å². The molecule has 0 amide bonds. The van der Waals surface area contributed by atoms with E-state index in [2.05, 4.69) is 32.0 Å². The zero-order valence-corrected chi connectivity index (χ0v) is 16.6. The zero-order chi connectivity index (χ0) is 20.9. The molecule has 6 rings (SSSR count). The van der Waals surface area contributed by atoms with Crippen molar-refractivity contribution in [2.75, 3.05) is 4.90 Å². The third kappa shape index (κ3) is 2.56. The van der Waals surface area contributed by atoms with Gasteiger partial charge in [0, 0.05) is 18.1 Å². The molecule has 3 aromatic heterocycles. The van der Waals surface area contributed by atoms with Crippen LogP contribution < -0.4 is 4.90 Å². The molecule has 0 unspecified atom stereocenters. The lowest BCUT2D eigenvalue weighted by Gasteiger charge is -2.38. The molecule has 0 radical (unpaired) electrons. The van der Waals surface area contributed by atoms with Crippen LogP contribution in [0.5, 0.6) is 0 Å². The smallest absolute Gasteiger partial charge is 0.237 e. The van der Waals surface area contributed by atoms with Crippen molar-refractivity contribution in [2.45, 2.75) is 19.4 Å². The van der Waals surface area contributed by atoms with E-state index in [0.717, 1.165) is 29.4 Å². The number of hydrogen-bond donors (Lipinski definition) is 0. The Morgan fingerprint density at radius 3 is 2.77 bits per heavy atom. The monoisotopic (exact) mass is 412 g/mol. The first-order valence-corrected chi connectivity index (χ1v) is 10.00. The summed E-state index contributed by atoms with van der Waals surface area (Å²) in [7, 11) is 0. The topological polar surface area (TPSA) is 77.5 Å². The fourth-order valence-corrected chi connectivity index (χ4v) is 4.06. The lowest BCUT2D eigenvalue weighted by atomic mass is 10.1.